The van der Waals surface area contributed by atoms with Gasteiger partial charge in [-0.15, -0.1) is 0 Å². The van der Waals surface area contributed by atoms with Crippen molar-refractivity contribution in [2.45, 2.75) is 38.3 Å². The quantitative estimate of drug-likeness (QED) is 0.642. The van der Waals surface area contributed by atoms with Crippen LogP contribution in [0.4, 0.5) is 10.5 Å². The van der Waals surface area contributed by atoms with Crippen LogP contribution in [0.2, 0.25) is 0 Å². The Morgan fingerprint density at radius 3 is 2.70 bits per heavy atom. The Morgan fingerprint density at radius 1 is 1.39 bits per heavy atom. The van der Waals surface area contributed by atoms with E-state index in [1.54, 1.807) is 24.1 Å². The van der Waals surface area contributed by atoms with Gasteiger partial charge in [0.25, 0.3) is 5.69 Å². The molecular formula is C16H23N3O4. The van der Waals surface area contributed by atoms with Gasteiger partial charge in [0.1, 0.15) is 0 Å². The molecule has 2 amide bonds. The maximum absolute atomic E-state index is 12.2. The van der Waals surface area contributed by atoms with Gasteiger partial charge in [0.2, 0.25) is 0 Å². The van der Waals surface area contributed by atoms with Gasteiger partial charge >= 0.3 is 6.03 Å². The van der Waals surface area contributed by atoms with Gasteiger partial charge in [0.05, 0.1) is 4.92 Å². The normalized spacial score (nSPS) is 20.8. The molecular weight excluding hydrogens is 298 g/mol. The number of carbonyl (C=O) groups excluding carboxylic acids is 1. The van der Waals surface area contributed by atoms with Crippen LogP contribution in [-0.4, -0.2) is 40.7 Å². The average Bonchev–Trinajstić information content (AvgIpc) is 2.59. The molecule has 1 aromatic carbocycles. The van der Waals surface area contributed by atoms with Gasteiger partial charge in [-0.05, 0) is 37.2 Å². The fraction of sp³-hybridized carbons (Fsp3) is 0.562. The monoisotopic (exact) mass is 321 g/mol. The van der Waals surface area contributed by atoms with E-state index in [1.165, 1.54) is 12.1 Å². The number of nitrogens with zero attached hydrogens (tertiary/aromatic N) is 2. The molecule has 0 aromatic heterocycles. The molecule has 0 bridgehead atoms. The van der Waals surface area contributed by atoms with Crippen molar-refractivity contribution in [1.82, 2.24) is 10.2 Å². The summed E-state index contributed by atoms with van der Waals surface area (Å²) in [6.45, 7) is 0.478. The summed E-state index contributed by atoms with van der Waals surface area (Å²) in [4.78, 5) is 24.2. The highest BCUT2D eigenvalue weighted by Crippen LogP contribution is 2.26. The Balaban J connectivity index is 1.84. The van der Waals surface area contributed by atoms with Crippen LogP contribution in [0.25, 0.3) is 0 Å². The molecule has 7 nitrogen and oxygen atoms in total. The zero-order chi connectivity index (χ0) is 16.8. The van der Waals surface area contributed by atoms with Crippen LogP contribution >= 0.6 is 0 Å². The van der Waals surface area contributed by atoms with Crippen LogP contribution < -0.4 is 5.32 Å². The second kappa shape index (κ2) is 7.92. The number of nitrogens with one attached hydrogen (secondary N) is 1. The summed E-state index contributed by atoms with van der Waals surface area (Å²) in [7, 11) is 1.77. The molecule has 0 radical (unpaired) electrons. The molecule has 7 heteroatoms. The fourth-order valence-corrected chi connectivity index (χ4v) is 2.96. The van der Waals surface area contributed by atoms with Crippen molar-refractivity contribution < 1.29 is 14.8 Å². The number of nitro groups is 1. The second-order valence-electron chi connectivity index (χ2n) is 6.05. The predicted octanol–water partition coefficient (Wildman–Crippen LogP) is 2.29. The molecule has 0 saturated heterocycles. The molecule has 126 valence electrons. The molecule has 0 spiro atoms. The van der Waals surface area contributed by atoms with E-state index in [0.717, 1.165) is 25.7 Å². The van der Waals surface area contributed by atoms with E-state index in [2.05, 4.69) is 5.32 Å². The molecule has 0 atom stereocenters. The molecule has 1 aliphatic carbocycles. The maximum Gasteiger partial charge on any atom is 0.317 e. The van der Waals surface area contributed by atoms with Crippen molar-refractivity contribution in [3.05, 3.63) is 39.9 Å². The lowest BCUT2D eigenvalue weighted by Crippen LogP contribution is -2.45. The highest BCUT2D eigenvalue weighted by molar-refractivity contribution is 5.74. The number of hydrogen-bond donors (Lipinski definition) is 2. The lowest BCUT2D eigenvalue weighted by molar-refractivity contribution is -0.384. The third-order valence-corrected chi connectivity index (χ3v) is 4.51. The molecule has 23 heavy (non-hydrogen) atoms. The van der Waals surface area contributed by atoms with Crippen molar-refractivity contribution >= 4 is 11.7 Å². The Morgan fingerprint density at radius 2 is 2.09 bits per heavy atom. The van der Waals surface area contributed by atoms with Gasteiger partial charge in [0, 0.05) is 38.4 Å². The lowest BCUT2D eigenvalue weighted by Gasteiger charge is -2.34. The number of amides is 2. The molecule has 0 aliphatic heterocycles. The Bertz CT molecular complexity index is 556. The minimum absolute atomic E-state index is 0.0208. The number of carbonyl (C=O) groups is 1. The van der Waals surface area contributed by atoms with Crippen LogP contribution in [-0.2, 0) is 6.54 Å². The first-order valence-corrected chi connectivity index (χ1v) is 7.86. The van der Waals surface area contributed by atoms with Crippen molar-refractivity contribution in [3.63, 3.8) is 0 Å². The Hall–Kier alpha value is -2.15. The summed E-state index contributed by atoms with van der Waals surface area (Å²) < 4.78 is 0. The van der Waals surface area contributed by atoms with E-state index in [0.29, 0.717) is 11.5 Å². The zero-order valence-corrected chi connectivity index (χ0v) is 13.3. The van der Waals surface area contributed by atoms with Gasteiger partial charge in [-0.2, -0.15) is 0 Å². The molecule has 2 N–H and O–H groups in total. The number of non-ortho nitro benzene ring substituents is 1. The highest BCUT2D eigenvalue weighted by atomic mass is 16.6. The predicted molar refractivity (Wildman–Crippen MR) is 85.9 cm³/mol. The topological polar surface area (TPSA) is 95.7 Å². The maximum atomic E-state index is 12.2. The van der Waals surface area contributed by atoms with Gasteiger partial charge in [-0.1, -0.05) is 12.1 Å². The summed E-state index contributed by atoms with van der Waals surface area (Å²) >= 11 is 0. The molecule has 1 saturated carbocycles. The van der Waals surface area contributed by atoms with E-state index in [1.807, 2.05) is 0 Å². The molecule has 0 unspecified atom stereocenters. The molecule has 1 fully saturated rings. The first-order valence-electron chi connectivity index (χ1n) is 7.86. The third kappa shape index (κ3) is 4.66. The van der Waals surface area contributed by atoms with E-state index < -0.39 is 4.92 Å². The first-order chi connectivity index (χ1) is 11.0. The first kappa shape index (κ1) is 17.2. The van der Waals surface area contributed by atoms with E-state index in [9.17, 15) is 14.9 Å². The molecule has 0 heterocycles. The summed E-state index contributed by atoms with van der Waals surface area (Å²) in [6.07, 6.45) is 3.66. The van der Waals surface area contributed by atoms with Crippen LogP contribution in [0.1, 0.15) is 31.2 Å². The number of aliphatic hydroxyl groups excluding tert-OH is 1. The van der Waals surface area contributed by atoms with E-state index >= 15 is 0 Å². The molecule has 1 aliphatic rings. The number of nitro benzene ring substituents is 1. The number of benzene rings is 1. The largest absolute Gasteiger partial charge is 0.396 e. The molecule has 2 rings (SSSR count). The van der Waals surface area contributed by atoms with Crippen LogP contribution in [0.15, 0.2) is 24.3 Å². The van der Waals surface area contributed by atoms with Crippen molar-refractivity contribution in [1.29, 1.82) is 0 Å². The summed E-state index contributed by atoms with van der Waals surface area (Å²) in [6, 6.07) is 6.26. The van der Waals surface area contributed by atoms with Gasteiger partial charge in [-0.3, -0.25) is 10.1 Å². The summed E-state index contributed by atoms with van der Waals surface area (Å²) in [5.41, 5.74) is 0.720. The fourth-order valence-electron chi connectivity index (χ4n) is 2.96. The summed E-state index contributed by atoms with van der Waals surface area (Å²) in [5.74, 6) is 0.354. The van der Waals surface area contributed by atoms with E-state index in [4.69, 9.17) is 5.11 Å². The van der Waals surface area contributed by atoms with Crippen LogP contribution in [0.5, 0.6) is 0 Å². The number of hydrogen-bond acceptors (Lipinski definition) is 4. The standard InChI is InChI=1S/C16H23N3O4/c1-18(14-7-5-12(11-20)6-8-14)16(21)17-10-13-3-2-4-15(9-13)19(22)23/h2-4,9,12,14,20H,5-8,10-11H2,1H3,(H,17,21). The van der Waals surface area contributed by atoms with Crippen molar-refractivity contribution in [2.24, 2.45) is 5.92 Å². The Labute approximate surface area is 135 Å². The smallest absolute Gasteiger partial charge is 0.317 e. The lowest BCUT2D eigenvalue weighted by atomic mass is 9.86. The van der Waals surface area contributed by atoms with Crippen LogP contribution in [0.3, 0.4) is 0 Å². The zero-order valence-electron chi connectivity index (χ0n) is 13.3. The average molecular weight is 321 g/mol. The van der Waals surface area contributed by atoms with Crippen LogP contribution in [0, 0.1) is 16.0 Å². The minimum Gasteiger partial charge on any atom is -0.396 e. The van der Waals surface area contributed by atoms with Gasteiger partial charge < -0.3 is 15.3 Å². The molecule has 1 aromatic rings. The van der Waals surface area contributed by atoms with Gasteiger partial charge in [-0.25, -0.2) is 4.79 Å². The SMILES string of the molecule is CN(C(=O)NCc1cccc([N+](=O)[O-])c1)C1CCC(CO)CC1. The Kier molecular flexibility index (Phi) is 5.92. The van der Waals surface area contributed by atoms with E-state index in [-0.39, 0.29) is 30.9 Å². The minimum atomic E-state index is -0.447. The number of aliphatic hydroxyl groups is 1. The number of urea groups is 1. The summed E-state index contributed by atoms with van der Waals surface area (Å²) in [5, 5.41) is 22.7. The second-order valence-corrected chi connectivity index (χ2v) is 6.05. The third-order valence-electron chi connectivity index (χ3n) is 4.51. The van der Waals surface area contributed by atoms with Crippen molar-refractivity contribution in [2.75, 3.05) is 13.7 Å². The number of rotatable bonds is 5. The van der Waals surface area contributed by atoms with Crippen molar-refractivity contribution in [3.8, 4) is 0 Å². The van der Waals surface area contributed by atoms with Gasteiger partial charge in [0.15, 0.2) is 0 Å². The highest BCUT2D eigenvalue weighted by Gasteiger charge is 2.26.